The molecule has 34 heavy (non-hydrogen) atoms. The Morgan fingerprint density at radius 3 is 2.41 bits per heavy atom. The van der Waals surface area contributed by atoms with Crippen molar-refractivity contribution in [3.05, 3.63) is 101 Å². The van der Waals surface area contributed by atoms with Crippen LogP contribution in [0.25, 0.3) is 17.0 Å². The van der Waals surface area contributed by atoms with Gasteiger partial charge in [-0.3, -0.25) is 9.69 Å². The molecule has 0 bridgehead atoms. The second-order valence-electron chi connectivity index (χ2n) is 8.03. The van der Waals surface area contributed by atoms with E-state index >= 15 is 0 Å². The molecule has 6 heteroatoms. The molecule has 0 radical (unpaired) electrons. The summed E-state index contributed by atoms with van der Waals surface area (Å²) >= 11 is 6.93. The third-order valence-electron chi connectivity index (χ3n) is 5.94. The molecule has 1 aliphatic heterocycles. The predicted octanol–water partition coefficient (Wildman–Crippen LogP) is 6.80. The number of nitrogens with zero attached hydrogens (tertiary/aromatic N) is 2. The van der Waals surface area contributed by atoms with Gasteiger partial charge in [-0.15, -0.1) is 0 Å². The van der Waals surface area contributed by atoms with Gasteiger partial charge in [0.15, 0.2) is 4.32 Å². The summed E-state index contributed by atoms with van der Waals surface area (Å²) in [6, 6.07) is 26.2. The van der Waals surface area contributed by atoms with Crippen molar-refractivity contribution in [1.29, 1.82) is 0 Å². The number of anilines is 1. The Bertz CT molecular complexity index is 1410. The Balaban J connectivity index is 1.52. The molecular weight excluding hydrogens is 460 g/mol. The van der Waals surface area contributed by atoms with Crippen LogP contribution in [-0.2, 0) is 11.3 Å². The Hall–Kier alpha value is -3.35. The number of aromatic nitrogens is 1. The summed E-state index contributed by atoms with van der Waals surface area (Å²) in [7, 11) is 0. The highest BCUT2D eigenvalue weighted by atomic mass is 32.2. The fraction of sp³-hybridized carbons (Fsp3) is 0.143. The smallest absolute Gasteiger partial charge is 0.270 e. The largest absolute Gasteiger partial charge is 0.494 e. The second kappa shape index (κ2) is 9.49. The van der Waals surface area contributed by atoms with Crippen LogP contribution in [0.4, 0.5) is 5.69 Å². The van der Waals surface area contributed by atoms with E-state index in [0.717, 1.165) is 40.1 Å². The average molecular weight is 485 g/mol. The van der Waals surface area contributed by atoms with E-state index in [2.05, 4.69) is 54.0 Å². The van der Waals surface area contributed by atoms with Crippen molar-refractivity contribution < 1.29 is 9.53 Å². The summed E-state index contributed by atoms with van der Waals surface area (Å²) in [5.74, 6) is 0.674. The van der Waals surface area contributed by atoms with Gasteiger partial charge in [-0.05, 0) is 55.8 Å². The maximum absolute atomic E-state index is 13.4. The molecule has 1 fully saturated rings. The molecule has 0 aliphatic carbocycles. The number of ether oxygens (including phenoxy) is 1. The molecule has 0 unspecified atom stereocenters. The lowest BCUT2D eigenvalue weighted by molar-refractivity contribution is -0.113. The minimum absolute atomic E-state index is 0.0987. The molecule has 3 aromatic carbocycles. The van der Waals surface area contributed by atoms with Crippen LogP contribution in [-0.4, -0.2) is 21.4 Å². The third-order valence-corrected chi connectivity index (χ3v) is 7.24. The SMILES string of the molecule is CCOc1ccc(N2C(=O)/C(=C/c3c(C)n(Cc4ccccc4)c4ccccc34)SC2=S)cc1. The lowest BCUT2D eigenvalue weighted by Crippen LogP contribution is -2.27. The topological polar surface area (TPSA) is 34.5 Å². The molecule has 4 aromatic rings. The highest BCUT2D eigenvalue weighted by Gasteiger charge is 2.33. The zero-order chi connectivity index (χ0) is 23.7. The van der Waals surface area contributed by atoms with Crippen LogP contribution < -0.4 is 9.64 Å². The van der Waals surface area contributed by atoms with Gasteiger partial charge in [0, 0.05) is 28.7 Å². The lowest BCUT2D eigenvalue weighted by atomic mass is 10.1. The Labute approximate surface area is 208 Å². The first kappa shape index (κ1) is 22.4. The fourth-order valence-electron chi connectivity index (χ4n) is 4.29. The van der Waals surface area contributed by atoms with Crippen molar-refractivity contribution in [2.24, 2.45) is 0 Å². The zero-order valence-corrected chi connectivity index (χ0v) is 20.7. The Morgan fingerprint density at radius 2 is 1.68 bits per heavy atom. The van der Waals surface area contributed by atoms with E-state index in [1.54, 1.807) is 4.90 Å². The highest BCUT2D eigenvalue weighted by molar-refractivity contribution is 8.27. The normalized spacial score (nSPS) is 15.0. The number of benzene rings is 3. The van der Waals surface area contributed by atoms with Gasteiger partial charge in [0.05, 0.1) is 17.2 Å². The maximum atomic E-state index is 13.4. The summed E-state index contributed by atoms with van der Waals surface area (Å²) in [4.78, 5) is 15.6. The Morgan fingerprint density at radius 1 is 0.971 bits per heavy atom. The van der Waals surface area contributed by atoms with Crippen LogP contribution in [0.15, 0.2) is 83.8 Å². The minimum Gasteiger partial charge on any atom is -0.494 e. The number of hydrogen-bond acceptors (Lipinski definition) is 4. The second-order valence-corrected chi connectivity index (χ2v) is 9.71. The van der Waals surface area contributed by atoms with E-state index in [0.29, 0.717) is 15.8 Å². The third kappa shape index (κ3) is 4.15. The van der Waals surface area contributed by atoms with E-state index in [9.17, 15) is 4.79 Å². The van der Waals surface area contributed by atoms with Crippen LogP contribution in [0.3, 0.4) is 0 Å². The summed E-state index contributed by atoms with van der Waals surface area (Å²) in [5, 5.41) is 1.13. The molecule has 1 aliphatic rings. The van der Waals surface area contributed by atoms with Crippen LogP contribution in [0.2, 0.25) is 0 Å². The molecule has 5 rings (SSSR count). The first-order valence-electron chi connectivity index (χ1n) is 11.2. The molecule has 1 saturated heterocycles. The van der Waals surface area contributed by atoms with Gasteiger partial charge in [0.2, 0.25) is 0 Å². The van der Waals surface area contributed by atoms with Crippen molar-refractivity contribution in [1.82, 2.24) is 4.57 Å². The van der Waals surface area contributed by atoms with Gasteiger partial charge >= 0.3 is 0 Å². The van der Waals surface area contributed by atoms with E-state index in [1.807, 2.05) is 49.4 Å². The highest BCUT2D eigenvalue weighted by Crippen LogP contribution is 2.38. The quantitative estimate of drug-likeness (QED) is 0.223. The van der Waals surface area contributed by atoms with Gasteiger partial charge in [0.1, 0.15) is 5.75 Å². The number of para-hydroxylation sites is 1. The van der Waals surface area contributed by atoms with E-state index in [4.69, 9.17) is 17.0 Å². The number of rotatable bonds is 6. The van der Waals surface area contributed by atoms with Crippen LogP contribution >= 0.6 is 24.0 Å². The molecule has 170 valence electrons. The summed E-state index contributed by atoms with van der Waals surface area (Å²) in [6.45, 7) is 5.43. The molecule has 0 N–H and O–H groups in total. The van der Waals surface area contributed by atoms with Gasteiger partial charge in [0.25, 0.3) is 5.91 Å². The number of hydrogen-bond donors (Lipinski definition) is 0. The van der Waals surface area contributed by atoms with Crippen molar-refractivity contribution in [2.75, 3.05) is 11.5 Å². The lowest BCUT2D eigenvalue weighted by Gasteiger charge is -2.15. The molecule has 0 saturated carbocycles. The fourth-order valence-corrected chi connectivity index (χ4v) is 5.57. The van der Waals surface area contributed by atoms with Crippen molar-refractivity contribution >= 4 is 56.9 Å². The number of carbonyl (C=O) groups is 1. The monoisotopic (exact) mass is 484 g/mol. The molecule has 0 atom stereocenters. The van der Waals surface area contributed by atoms with Crippen molar-refractivity contribution in [3.8, 4) is 5.75 Å². The van der Waals surface area contributed by atoms with Gasteiger partial charge in [-0.1, -0.05) is 72.5 Å². The first-order valence-corrected chi connectivity index (χ1v) is 12.4. The van der Waals surface area contributed by atoms with Gasteiger partial charge in [-0.25, -0.2) is 0 Å². The van der Waals surface area contributed by atoms with E-state index < -0.39 is 0 Å². The molecular formula is C28H24N2O2S2. The number of thiocarbonyl (C=S) groups is 1. The van der Waals surface area contributed by atoms with Crippen molar-refractivity contribution in [2.45, 2.75) is 20.4 Å². The first-order chi connectivity index (χ1) is 16.6. The molecule has 2 heterocycles. The van der Waals surface area contributed by atoms with E-state index in [-0.39, 0.29) is 5.91 Å². The number of carbonyl (C=O) groups excluding carboxylic acids is 1. The van der Waals surface area contributed by atoms with Crippen LogP contribution in [0, 0.1) is 6.92 Å². The van der Waals surface area contributed by atoms with Crippen LogP contribution in [0.1, 0.15) is 23.7 Å². The zero-order valence-electron chi connectivity index (χ0n) is 19.0. The Kier molecular flexibility index (Phi) is 6.26. The molecule has 1 amide bonds. The molecule has 1 aromatic heterocycles. The minimum atomic E-state index is -0.0987. The molecule has 4 nitrogen and oxygen atoms in total. The van der Waals surface area contributed by atoms with Gasteiger partial charge in [-0.2, -0.15) is 0 Å². The summed E-state index contributed by atoms with van der Waals surface area (Å²) in [5.41, 5.74) is 5.31. The standard InChI is InChI=1S/C28H24N2O2S2/c1-3-32-22-15-13-21(14-16-22)30-27(31)26(34-28(30)33)17-24-19(2)29(18-20-9-5-4-6-10-20)25-12-8-7-11-23(24)25/h4-17H,3,18H2,1-2H3/b26-17-. The summed E-state index contributed by atoms with van der Waals surface area (Å²) < 4.78 is 8.36. The summed E-state index contributed by atoms with van der Waals surface area (Å²) in [6.07, 6.45) is 1.99. The van der Waals surface area contributed by atoms with E-state index in [1.165, 1.54) is 17.3 Å². The number of amides is 1. The van der Waals surface area contributed by atoms with Crippen LogP contribution in [0.5, 0.6) is 5.75 Å². The van der Waals surface area contributed by atoms with Gasteiger partial charge < -0.3 is 9.30 Å². The number of thioether (sulfide) groups is 1. The molecule has 0 spiro atoms. The average Bonchev–Trinajstić information content (AvgIpc) is 3.28. The van der Waals surface area contributed by atoms with Crippen molar-refractivity contribution in [3.63, 3.8) is 0 Å². The predicted molar refractivity (Wildman–Crippen MR) is 145 cm³/mol. The maximum Gasteiger partial charge on any atom is 0.270 e. The number of fused-ring (bicyclic) bond motifs is 1.